The number of fused-ring (bicyclic) bond motifs is 3. The van der Waals surface area contributed by atoms with Crippen LogP contribution in [0.5, 0.6) is 5.75 Å². The molecule has 0 aliphatic carbocycles. The SMILES string of the molecule is COc1cc2c(cc1NC(=O)CCNc1ccccc1[N+](=O)[O-])oc1ccccc12. The van der Waals surface area contributed by atoms with Crippen LogP contribution in [0.1, 0.15) is 6.42 Å². The van der Waals surface area contributed by atoms with Crippen LogP contribution in [-0.4, -0.2) is 24.5 Å². The first-order chi connectivity index (χ1) is 14.6. The number of ether oxygens (including phenoxy) is 1. The molecule has 0 saturated heterocycles. The summed E-state index contributed by atoms with van der Waals surface area (Å²) in [7, 11) is 1.54. The first-order valence-corrected chi connectivity index (χ1v) is 9.33. The molecule has 2 N–H and O–H groups in total. The van der Waals surface area contributed by atoms with E-state index in [1.54, 1.807) is 24.3 Å². The number of carbonyl (C=O) groups excluding carboxylic acids is 1. The summed E-state index contributed by atoms with van der Waals surface area (Å²) in [5.74, 6) is 0.268. The molecule has 3 aromatic carbocycles. The Morgan fingerprint density at radius 3 is 2.60 bits per heavy atom. The van der Waals surface area contributed by atoms with E-state index < -0.39 is 4.92 Å². The van der Waals surface area contributed by atoms with Crippen molar-refractivity contribution in [1.82, 2.24) is 0 Å². The van der Waals surface area contributed by atoms with Gasteiger partial charge in [-0.3, -0.25) is 14.9 Å². The number of nitrogens with zero attached hydrogens (tertiary/aromatic N) is 1. The second-order valence-electron chi connectivity index (χ2n) is 6.65. The Labute approximate surface area is 171 Å². The number of para-hydroxylation sites is 3. The first-order valence-electron chi connectivity index (χ1n) is 9.33. The van der Waals surface area contributed by atoms with Gasteiger partial charge in [-0.2, -0.15) is 0 Å². The van der Waals surface area contributed by atoms with E-state index in [-0.39, 0.29) is 24.6 Å². The Balaban J connectivity index is 1.48. The lowest BCUT2D eigenvalue weighted by atomic mass is 10.1. The molecular weight excluding hydrogens is 386 g/mol. The maximum Gasteiger partial charge on any atom is 0.292 e. The summed E-state index contributed by atoms with van der Waals surface area (Å²) in [5.41, 5.74) is 2.24. The zero-order valence-corrected chi connectivity index (χ0v) is 16.2. The van der Waals surface area contributed by atoms with Crippen LogP contribution in [0.2, 0.25) is 0 Å². The molecule has 8 nitrogen and oxygen atoms in total. The minimum atomic E-state index is -0.462. The van der Waals surface area contributed by atoms with Gasteiger partial charge in [0.25, 0.3) is 5.69 Å². The number of amides is 1. The van der Waals surface area contributed by atoms with Gasteiger partial charge in [-0.25, -0.2) is 0 Å². The molecule has 0 radical (unpaired) electrons. The molecule has 0 saturated carbocycles. The van der Waals surface area contributed by atoms with Gasteiger partial charge in [-0.15, -0.1) is 0 Å². The van der Waals surface area contributed by atoms with Crippen LogP contribution in [0.25, 0.3) is 21.9 Å². The fourth-order valence-corrected chi connectivity index (χ4v) is 3.32. The summed E-state index contributed by atoms with van der Waals surface area (Å²) in [5, 5.41) is 18.7. The van der Waals surface area contributed by atoms with Crippen LogP contribution >= 0.6 is 0 Å². The Bertz CT molecular complexity index is 1250. The van der Waals surface area contributed by atoms with Gasteiger partial charge in [0.05, 0.1) is 17.7 Å². The molecule has 152 valence electrons. The molecule has 0 spiro atoms. The van der Waals surface area contributed by atoms with Crippen LogP contribution in [0.15, 0.2) is 65.1 Å². The van der Waals surface area contributed by atoms with Gasteiger partial charge >= 0.3 is 0 Å². The van der Waals surface area contributed by atoms with Crippen molar-refractivity contribution in [2.45, 2.75) is 6.42 Å². The van der Waals surface area contributed by atoms with Gasteiger partial charge < -0.3 is 19.8 Å². The summed E-state index contributed by atoms with van der Waals surface area (Å²) in [6.07, 6.45) is 0.118. The molecule has 8 heteroatoms. The topological polar surface area (TPSA) is 107 Å². The molecule has 1 amide bonds. The normalized spacial score (nSPS) is 10.8. The summed E-state index contributed by atoms with van der Waals surface area (Å²) >= 11 is 0. The number of carbonyl (C=O) groups is 1. The molecule has 0 atom stereocenters. The van der Waals surface area contributed by atoms with E-state index >= 15 is 0 Å². The third kappa shape index (κ3) is 3.75. The van der Waals surface area contributed by atoms with Crippen LogP contribution in [-0.2, 0) is 4.79 Å². The largest absolute Gasteiger partial charge is 0.495 e. The highest BCUT2D eigenvalue weighted by atomic mass is 16.6. The molecule has 0 aliphatic rings. The number of hydrogen-bond donors (Lipinski definition) is 2. The van der Waals surface area contributed by atoms with Crippen molar-refractivity contribution >= 4 is 44.9 Å². The van der Waals surface area contributed by atoms with Crippen molar-refractivity contribution in [2.75, 3.05) is 24.3 Å². The molecule has 0 fully saturated rings. The van der Waals surface area contributed by atoms with Gasteiger partial charge in [0.15, 0.2) is 0 Å². The predicted molar refractivity (Wildman–Crippen MR) is 115 cm³/mol. The molecular formula is C22H19N3O5. The molecule has 4 rings (SSSR count). The van der Waals surface area contributed by atoms with Gasteiger partial charge in [0.1, 0.15) is 22.6 Å². The number of furan rings is 1. The monoisotopic (exact) mass is 405 g/mol. The third-order valence-corrected chi connectivity index (χ3v) is 4.74. The van der Waals surface area contributed by atoms with Crippen molar-refractivity contribution in [3.63, 3.8) is 0 Å². The Morgan fingerprint density at radius 2 is 1.80 bits per heavy atom. The lowest BCUT2D eigenvalue weighted by molar-refractivity contribution is -0.384. The number of benzene rings is 3. The molecule has 0 bridgehead atoms. The van der Waals surface area contributed by atoms with Crippen LogP contribution in [0, 0.1) is 10.1 Å². The van der Waals surface area contributed by atoms with Gasteiger partial charge in [-0.1, -0.05) is 30.3 Å². The van der Waals surface area contributed by atoms with Crippen molar-refractivity contribution in [1.29, 1.82) is 0 Å². The van der Waals surface area contributed by atoms with E-state index in [4.69, 9.17) is 9.15 Å². The summed E-state index contributed by atoms with van der Waals surface area (Å²) in [6.45, 7) is 0.242. The Morgan fingerprint density at radius 1 is 1.03 bits per heavy atom. The fraction of sp³-hybridized carbons (Fsp3) is 0.136. The molecule has 0 unspecified atom stereocenters. The summed E-state index contributed by atoms with van der Waals surface area (Å²) in [4.78, 5) is 23.0. The summed E-state index contributed by atoms with van der Waals surface area (Å²) in [6, 6.07) is 17.6. The van der Waals surface area contributed by atoms with Crippen LogP contribution in [0.3, 0.4) is 0 Å². The van der Waals surface area contributed by atoms with E-state index in [2.05, 4.69) is 10.6 Å². The number of hydrogen-bond acceptors (Lipinski definition) is 6. The Hall–Kier alpha value is -4.07. The lowest BCUT2D eigenvalue weighted by Gasteiger charge is -2.11. The first kappa shape index (κ1) is 19.3. The van der Waals surface area contributed by atoms with E-state index in [0.717, 1.165) is 16.4 Å². The highest BCUT2D eigenvalue weighted by Gasteiger charge is 2.15. The number of anilines is 2. The van der Waals surface area contributed by atoms with Gasteiger partial charge in [0, 0.05) is 35.9 Å². The highest BCUT2D eigenvalue weighted by molar-refractivity contribution is 6.07. The van der Waals surface area contributed by atoms with Crippen LogP contribution in [0.4, 0.5) is 17.1 Å². The molecule has 1 aromatic heterocycles. The van der Waals surface area contributed by atoms with E-state index in [9.17, 15) is 14.9 Å². The number of nitro benzene ring substituents is 1. The van der Waals surface area contributed by atoms with Crippen molar-refractivity contribution < 1.29 is 18.9 Å². The fourth-order valence-electron chi connectivity index (χ4n) is 3.32. The van der Waals surface area contributed by atoms with Crippen LogP contribution < -0.4 is 15.4 Å². The minimum Gasteiger partial charge on any atom is -0.495 e. The average Bonchev–Trinajstić information content (AvgIpc) is 3.10. The lowest BCUT2D eigenvalue weighted by Crippen LogP contribution is -2.17. The highest BCUT2D eigenvalue weighted by Crippen LogP contribution is 2.36. The quantitative estimate of drug-likeness (QED) is 0.333. The number of methoxy groups -OCH3 is 1. The maximum absolute atomic E-state index is 12.4. The number of nitro groups is 1. The van der Waals surface area contributed by atoms with E-state index in [1.807, 2.05) is 30.3 Å². The van der Waals surface area contributed by atoms with Gasteiger partial charge in [-0.05, 0) is 18.2 Å². The number of rotatable bonds is 7. The smallest absolute Gasteiger partial charge is 0.292 e. The van der Waals surface area contributed by atoms with Crippen molar-refractivity contribution in [2.24, 2.45) is 0 Å². The number of nitrogens with one attached hydrogen (secondary N) is 2. The van der Waals surface area contributed by atoms with Crippen molar-refractivity contribution in [3.8, 4) is 5.75 Å². The second-order valence-corrected chi connectivity index (χ2v) is 6.65. The minimum absolute atomic E-state index is 0.0325. The molecule has 0 aliphatic heterocycles. The zero-order chi connectivity index (χ0) is 21.1. The van der Waals surface area contributed by atoms with Gasteiger partial charge in [0.2, 0.25) is 5.91 Å². The molecule has 4 aromatic rings. The zero-order valence-electron chi connectivity index (χ0n) is 16.2. The average molecular weight is 405 g/mol. The third-order valence-electron chi connectivity index (χ3n) is 4.74. The predicted octanol–water partition coefficient (Wildman–Crippen LogP) is 4.94. The molecule has 30 heavy (non-hydrogen) atoms. The maximum atomic E-state index is 12.4. The standard InChI is InChI=1S/C22H19N3O5/c1-29-21-12-15-14-6-2-5-9-19(14)30-20(15)13-17(21)24-22(26)10-11-23-16-7-3-4-8-18(16)25(27)28/h2-9,12-13,23H,10-11H2,1H3,(H,24,26). The van der Waals surface area contributed by atoms with Crippen molar-refractivity contribution in [3.05, 3.63) is 70.8 Å². The van der Waals surface area contributed by atoms with E-state index in [0.29, 0.717) is 22.7 Å². The molecule has 1 heterocycles. The second kappa shape index (κ2) is 8.12. The summed E-state index contributed by atoms with van der Waals surface area (Å²) < 4.78 is 11.3. The Kier molecular flexibility index (Phi) is 5.21. The van der Waals surface area contributed by atoms with E-state index in [1.165, 1.54) is 13.2 Å².